The van der Waals surface area contributed by atoms with Gasteiger partial charge in [0.05, 0.1) is 5.56 Å². The second kappa shape index (κ2) is 5.69. The van der Waals surface area contributed by atoms with E-state index in [0.717, 1.165) is 38.4 Å². The van der Waals surface area contributed by atoms with E-state index < -0.39 is 17.5 Å². The van der Waals surface area contributed by atoms with E-state index in [4.69, 9.17) is 4.74 Å². The predicted molar refractivity (Wildman–Crippen MR) is 64.2 cm³/mol. The van der Waals surface area contributed by atoms with Gasteiger partial charge in [-0.05, 0) is 50.6 Å². The molecule has 6 heteroatoms. The Kier molecular flexibility index (Phi) is 4.19. The maximum absolute atomic E-state index is 12.5. The van der Waals surface area contributed by atoms with Gasteiger partial charge >= 0.3 is 6.18 Å². The van der Waals surface area contributed by atoms with E-state index in [1.54, 1.807) is 0 Å². The fraction of sp³-hybridized carbons (Fsp3) is 0.538. The van der Waals surface area contributed by atoms with Crippen molar-refractivity contribution in [3.8, 4) is 11.5 Å². The van der Waals surface area contributed by atoms with Gasteiger partial charge in [-0.15, -0.1) is 0 Å². The van der Waals surface area contributed by atoms with Crippen LogP contribution >= 0.6 is 0 Å². The fourth-order valence-electron chi connectivity index (χ4n) is 2.08. The number of phenols is 1. The first-order valence-electron chi connectivity index (χ1n) is 6.24. The van der Waals surface area contributed by atoms with Crippen LogP contribution in [0.5, 0.6) is 11.5 Å². The summed E-state index contributed by atoms with van der Waals surface area (Å²) in [4.78, 5) is 0. The number of phenolic OH excluding ortho intramolecular Hbond substituents is 1. The van der Waals surface area contributed by atoms with Gasteiger partial charge in [-0.25, -0.2) is 0 Å². The third kappa shape index (κ3) is 3.76. The van der Waals surface area contributed by atoms with Crippen molar-refractivity contribution in [2.45, 2.75) is 31.5 Å². The maximum Gasteiger partial charge on any atom is 0.416 e. The van der Waals surface area contributed by atoms with E-state index in [1.165, 1.54) is 6.07 Å². The number of alkyl halides is 3. The molecule has 2 rings (SSSR count). The van der Waals surface area contributed by atoms with Crippen molar-refractivity contribution in [2.24, 2.45) is 0 Å². The van der Waals surface area contributed by atoms with Crippen LogP contribution in [0.1, 0.15) is 24.8 Å². The molecule has 1 aromatic rings. The van der Waals surface area contributed by atoms with Crippen molar-refractivity contribution in [1.29, 1.82) is 0 Å². The Balaban J connectivity index is 2.08. The normalized spacial score (nSPS) is 20.9. The second-order valence-electron chi connectivity index (χ2n) is 4.60. The first-order chi connectivity index (χ1) is 8.97. The molecule has 1 atom stereocenters. The largest absolute Gasteiger partial charge is 0.504 e. The summed E-state index contributed by atoms with van der Waals surface area (Å²) in [5.41, 5.74) is -0.875. The second-order valence-corrected chi connectivity index (χ2v) is 4.60. The lowest BCUT2D eigenvalue weighted by molar-refractivity contribution is -0.137. The molecule has 0 radical (unpaired) electrons. The van der Waals surface area contributed by atoms with Crippen LogP contribution in [0, 0.1) is 0 Å². The third-order valence-corrected chi connectivity index (χ3v) is 3.10. The quantitative estimate of drug-likeness (QED) is 0.872. The lowest BCUT2D eigenvalue weighted by Crippen LogP contribution is -2.19. The molecule has 1 unspecified atom stereocenters. The van der Waals surface area contributed by atoms with Gasteiger partial charge in [-0.1, -0.05) is 0 Å². The highest BCUT2D eigenvalue weighted by Crippen LogP contribution is 2.36. The molecule has 0 amide bonds. The molecule has 19 heavy (non-hydrogen) atoms. The Labute approximate surface area is 109 Å². The van der Waals surface area contributed by atoms with Crippen molar-refractivity contribution in [3.05, 3.63) is 23.8 Å². The zero-order chi connectivity index (χ0) is 13.9. The van der Waals surface area contributed by atoms with Crippen LogP contribution in [0.15, 0.2) is 18.2 Å². The molecule has 0 aromatic heterocycles. The number of hydrogen-bond donors (Lipinski definition) is 2. The Morgan fingerprint density at radius 1 is 1.21 bits per heavy atom. The van der Waals surface area contributed by atoms with Gasteiger partial charge in [0, 0.05) is 0 Å². The van der Waals surface area contributed by atoms with E-state index >= 15 is 0 Å². The molecule has 0 aliphatic carbocycles. The number of ether oxygens (including phenoxy) is 1. The Morgan fingerprint density at radius 3 is 2.68 bits per heavy atom. The average Bonchev–Trinajstić information content (AvgIpc) is 2.59. The van der Waals surface area contributed by atoms with Crippen LogP contribution < -0.4 is 10.1 Å². The summed E-state index contributed by atoms with van der Waals surface area (Å²) in [6.45, 7) is 1.73. The monoisotopic (exact) mass is 275 g/mol. The van der Waals surface area contributed by atoms with Crippen molar-refractivity contribution >= 4 is 0 Å². The van der Waals surface area contributed by atoms with Crippen LogP contribution in [-0.4, -0.2) is 24.3 Å². The minimum absolute atomic E-state index is 0.0716. The summed E-state index contributed by atoms with van der Waals surface area (Å²) >= 11 is 0. The van der Waals surface area contributed by atoms with E-state index in [9.17, 15) is 18.3 Å². The van der Waals surface area contributed by atoms with Crippen LogP contribution in [-0.2, 0) is 6.18 Å². The molecule has 3 nitrogen and oxygen atoms in total. The molecular formula is C13H16F3NO2. The van der Waals surface area contributed by atoms with Crippen molar-refractivity contribution in [1.82, 2.24) is 5.32 Å². The maximum atomic E-state index is 12.5. The number of hydrogen-bond acceptors (Lipinski definition) is 3. The summed E-state index contributed by atoms with van der Waals surface area (Å²) < 4.78 is 42.9. The molecule has 1 saturated heterocycles. The van der Waals surface area contributed by atoms with Crippen molar-refractivity contribution in [2.75, 3.05) is 13.1 Å². The molecular weight excluding hydrogens is 259 g/mol. The van der Waals surface area contributed by atoms with E-state index in [0.29, 0.717) is 6.07 Å². The van der Waals surface area contributed by atoms with Gasteiger partial charge in [0.1, 0.15) is 6.10 Å². The topological polar surface area (TPSA) is 41.5 Å². The van der Waals surface area contributed by atoms with Gasteiger partial charge < -0.3 is 15.2 Å². The SMILES string of the molecule is Oc1cc(C(F)(F)F)ccc1OC1CCCNCC1. The smallest absolute Gasteiger partial charge is 0.416 e. The molecule has 1 aliphatic heterocycles. The predicted octanol–water partition coefficient (Wildman–Crippen LogP) is 2.93. The van der Waals surface area contributed by atoms with Gasteiger partial charge in [0.15, 0.2) is 11.5 Å². The third-order valence-electron chi connectivity index (χ3n) is 3.10. The minimum Gasteiger partial charge on any atom is -0.504 e. The zero-order valence-corrected chi connectivity index (χ0v) is 10.3. The average molecular weight is 275 g/mol. The molecule has 0 bridgehead atoms. The van der Waals surface area contributed by atoms with Crippen molar-refractivity contribution < 1.29 is 23.0 Å². The highest BCUT2D eigenvalue weighted by atomic mass is 19.4. The van der Waals surface area contributed by atoms with Crippen molar-refractivity contribution in [3.63, 3.8) is 0 Å². The standard InChI is InChI=1S/C13H16F3NO2/c14-13(15,16)9-3-4-12(11(18)8-9)19-10-2-1-6-17-7-5-10/h3-4,8,10,17-18H,1-2,5-7H2. The number of halogens is 3. The highest BCUT2D eigenvalue weighted by Gasteiger charge is 2.31. The minimum atomic E-state index is -4.46. The summed E-state index contributed by atoms with van der Waals surface area (Å²) in [5.74, 6) is -0.355. The summed E-state index contributed by atoms with van der Waals surface area (Å²) in [6.07, 6.45) is -1.97. The number of aromatic hydroxyl groups is 1. The summed E-state index contributed by atoms with van der Waals surface area (Å²) in [5, 5.41) is 12.8. The number of benzene rings is 1. The summed E-state index contributed by atoms with van der Waals surface area (Å²) in [6, 6.07) is 2.80. The Morgan fingerprint density at radius 2 is 2.00 bits per heavy atom. The summed E-state index contributed by atoms with van der Waals surface area (Å²) in [7, 11) is 0. The lowest BCUT2D eigenvalue weighted by atomic mass is 10.1. The molecule has 0 saturated carbocycles. The Hall–Kier alpha value is -1.43. The van der Waals surface area contributed by atoms with Gasteiger partial charge in [-0.2, -0.15) is 13.2 Å². The lowest BCUT2D eigenvalue weighted by Gasteiger charge is -2.18. The molecule has 106 valence electrons. The molecule has 1 aliphatic rings. The van der Waals surface area contributed by atoms with Crippen LogP contribution in [0.4, 0.5) is 13.2 Å². The zero-order valence-electron chi connectivity index (χ0n) is 10.3. The fourth-order valence-corrected chi connectivity index (χ4v) is 2.08. The highest BCUT2D eigenvalue weighted by molar-refractivity contribution is 5.42. The Bertz CT molecular complexity index is 426. The van der Waals surface area contributed by atoms with Crippen LogP contribution in [0.25, 0.3) is 0 Å². The molecule has 0 spiro atoms. The first kappa shape index (κ1) is 14.0. The molecule has 1 aromatic carbocycles. The first-order valence-corrected chi connectivity index (χ1v) is 6.24. The molecule has 2 N–H and O–H groups in total. The van der Waals surface area contributed by atoms with E-state index in [2.05, 4.69) is 5.32 Å². The van der Waals surface area contributed by atoms with Gasteiger partial charge in [-0.3, -0.25) is 0 Å². The van der Waals surface area contributed by atoms with Crippen LogP contribution in [0.2, 0.25) is 0 Å². The molecule has 1 fully saturated rings. The number of nitrogens with one attached hydrogen (secondary N) is 1. The van der Waals surface area contributed by atoms with E-state index in [-0.39, 0.29) is 11.9 Å². The van der Waals surface area contributed by atoms with Crippen LogP contribution in [0.3, 0.4) is 0 Å². The molecule has 1 heterocycles. The van der Waals surface area contributed by atoms with Gasteiger partial charge in [0.2, 0.25) is 0 Å². The number of rotatable bonds is 2. The van der Waals surface area contributed by atoms with E-state index in [1.807, 2.05) is 0 Å². The van der Waals surface area contributed by atoms with Gasteiger partial charge in [0.25, 0.3) is 0 Å².